The van der Waals surface area contributed by atoms with Crippen LogP contribution in [-0.2, 0) is 23.9 Å². The van der Waals surface area contributed by atoms with Gasteiger partial charge in [0.2, 0.25) is 0 Å². The van der Waals surface area contributed by atoms with Crippen LogP contribution >= 0.6 is 11.3 Å². The Hall–Kier alpha value is -0.750. The van der Waals surface area contributed by atoms with E-state index in [1.54, 1.807) is 0 Å². The first-order valence-corrected chi connectivity index (χ1v) is 9.29. The summed E-state index contributed by atoms with van der Waals surface area (Å²) in [5.41, 5.74) is 1.45. The van der Waals surface area contributed by atoms with Crippen LogP contribution in [0.3, 0.4) is 0 Å². The fourth-order valence-corrected chi connectivity index (χ4v) is 5.04. The molecule has 3 rings (SSSR count). The Balaban J connectivity index is 1.88. The van der Waals surface area contributed by atoms with Crippen molar-refractivity contribution < 1.29 is 4.21 Å². The van der Waals surface area contributed by atoms with E-state index in [1.165, 1.54) is 20.5 Å². The maximum atomic E-state index is 11.5. The molecule has 20 heavy (non-hydrogen) atoms. The van der Waals surface area contributed by atoms with Crippen LogP contribution in [0.15, 0.2) is 24.3 Å². The van der Waals surface area contributed by atoms with Crippen LogP contribution in [-0.4, -0.2) is 40.8 Å². The molecule has 2 heterocycles. The van der Waals surface area contributed by atoms with Crippen LogP contribution in [0, 0.1) is 0 Å². The van der Waals surface area contributed by atoms with Crippen molar-refractivity contribution in [1.82, 2.24) is 10.2 Å². The zero-order valence-corrected chi connectivity index (χ0v) is 13.4. The maximum Gasteiger partial charge on any atom is 0.0363 e. The second kappa shape index (κ2) is 6.35. The van der Waals surface area contributed by atoms with Crippen molar-refractivity contribution in [1.29, 1.82) is 0 Å². The summed E-state index contributed by atoms with van der Waals surface area (Å²) in [6.07, 6.45) is 0. The maximum absolute atomic E-state index is 11.5. The standard InChI is InChI=1S/C15H20N2OS2/c1-16-10-15-13(11-17-6-8-20(18)9-7-17)12-4-2-3-5-14(12)19-15/h2-5,16H,6-11H2,1H3. The molecule has 0 unspecified atom stereocenters. The molecule has 1 saturated heterocycles. The average molecular weight is 308 g/mol. The SMILES string of the molecule is CNCc1sc2ccccc2c1CN1CCS(=O)CC1. The molecule has 0 saturated carbocycles. The Morgan fingerprint density at radius 2 is 2.05 bits per heavy atom. The van der Waals surface area contributed by atoms with E-state index >= 15 is 0 Å². The van der Waals surface area contributed by atoms with Crippen LogP contribution in [0.2, 0.25) is 0 Å². The first kappa shape index (κ1) is 14.2. The predicted octanol–water partition coefficient (Wildman–Crippen LogP) is 2.18. The van der Waals surface area contributed by atoms with Gasteiger partial charge >= 0.3 is 0 Å². The molecule has 0 spiro atoms. The number of benzene rings is 1. The summed E-state index contributed by atoms with van der Waals surface area (Å²) in [4.78, 5) is 3.87. The zero-order chi connectivity index (χ0) is 13.9. The van der Waals surface area contributed by atoms with Crippen molar-refractivity contribution in [2.24, 2.45) is 0 Å². The van der Waals surface area contributed by atoms with Gasteiger partial charge in [-0.15, -0.1) is 11.3 Å². The highest BCUT2D eigenvalue weighted by Gasteiger charge is 2.19. The van der Waals surface area contributed by atoms with E-state index < -0.39 is 10.8 Å². The van der Waals surface area contributed by atoms with Crippen molar-refractivity contribution in [3.63, 3.8) is 0 Å². The topological polar surface area (TPSA) is 32.3 Å². The Labute approximate surface area is 126 Å². The van der Waals surface area contributed by atoms with Gasteiger partial charge in [-0.1, -0.05) is 18.2 Å². The molecule has 0 atom stereocenters. The highest BCUT2D eigenvalue weighted by molar-refractivity contribution is 7.85. The van der Waals surface area contributed by atoms with E-state index in [2.05, 4.69) is 34.5 Å². The number of nitrogens with one attached hydrogen (secondary N) is 1. The molecule has 1 aromatic heterocycles. The molecule has 1 fully saturated rings. The summed E-state index contributed by atoms with van der Waals surface area (Å²) in [5.74, 6) is 1.65. The number of fused-ring (bicyclic) bond motifs is 1. The highest BCUT2D eigenvalue weighted by Crippen LogP contribution is 2.32. The first-order chi connectivity index (χ1) is 9.78. The Morgan fingerprint density at radius 1 is 1.30 bits per heavy atom. The molecular weight excluding hydrogens is 288 g/mol. The fraction of sp³-hybridized carbons (Fsp3) is 0.467. The molecule has 3 nitrogen and oxygen atoms in total. The lowest BCUT2D eigenvalue weighted by molar-refractivity contribution is 0.292. The van der Waals surface area contributed by atoms with Crippen molar-refractivity contribution in [2.45, 2.75) is 13.1 Å². The van der Waals surface area contributed by atoms with E-state index in [0.717, 1.165) is 37.7 Å². The number of thiophene rings is 1. The molecule has 1 aliphatic heterocycles. The summed E-state index contributed by atoms with van der Waals surface area (Å²) < 4.78 is 12.8. The molecule has 108 valence electrons. The number of hydrogen-bond donors (Lipinski definition) is 1. The Bertz CT molecular complexity index is 613. The molecule has 1 aliphatic rings. The second-order valence-electron chi connectivity index (χ2n) is 5.15. The van der Waals surface area contributed by atoms with Crippen molar-refractivity contribution in [3.8, 4) is 0 Å². The van der Waals surface area contributed by atoms with E-state index in [-0.39, 0.29) is 0 Å². The number of hydrogen-bond acceptors (Lipinski definition) is 4. The van der Waals surface area contributed by atoms with E-state index in [0.29, 0.717) is 0 Å². The molecule has 1 aromatic carbocycles. The summed E-state index contributed by atoms with van der Waals surface area (Å²) in [6.45, 7) is 3.82. The highest BCUT2D eigenvalue weighted by atomic mass is 32.2. The van der Waals surface area contributed by atoms with E-state index in [9.17, 15) is 4.21 Å². The largest absolute Gasteiger partial charge is 0.315 e. The Morgan fingerprint density at radius 3 is 2.80 bits per heavy atom. The van der Waals surface area contributed by atoms with Crippen LogP contribution in [0.5, 0.6) is 0 Å². The minimum Gasteiger partial charge on any atom is -0.315 e. The van der Waals surface area contributed by atoms with Gasteiger partial charge in [-0.3, -0.25) is 9.11 Å². The number of rotatable bonds is 4. The molecule has 0 amide bonds. The van der Waals surface area contributed by atoms with Gasteiger partial charge in [-0.25, -0.2) is 0 Å². The molecule has 0 bridgehead atoms. The smallest absolute Gasteiger partial charge is 0.0363 e. The minimum absolute atomic E-state index is 0.597. The van der Waals surface area contributed by atoms with Crippen molar-refractivity contribution in [3.05, 3.63) is 34.7 Å². The minimum atomic E-state index is -0.597. The third kappa shape index (κ3) is 2.96. The predicted molar refractivity (Wildman–Crippen MR) is 87.7 cm³/mol. The molecule has 5 heteroatoms. The van der Waals surface area contributed by atoms with E-state index in [4.69, 9.17) is 0 Å². The lowest BCUT2D eigenvalue weighted by Crippen LogP contribution is -2.37. The molecule has 2 aromatic rings. The lowest BCUT2D eigenvalue weighted by Gasteiger charge is -2.26. The first-order valence-electron chi connectivity index (χ1n) is 6.99. The van der Waals surface area contributed by atoms with E-state index in [1.807, 2.05) is 18.4 Å². The molecule has 1 N–H and O–H groups in total. The molecule has 0 aliphatic carbocycles. The van der Waals surface area contributed by atoms with Crippen LogP contribution in [0.4, 0.5) is 0 Å². The van der Waals surface area contributed by atoms with Gasteiger partial charge in [0.05, 0.1) is 0 Å². The van der Waals surface area contributed by atoms with Gasteiger partial charge in [-0.2, -0.15) is 0 Å². The Kier molecular flexibility index (Phi) is 4.51. The summed E-state index contributed by atoms with van der Waals surface area (Å²) in [7, 11) is 1.40. The van der Waals surface area contributed by atoms with Gasteiger partial charge in [0.15, 0.2) is 0 Å². The van der Waals surface area contributed by atoms with Gasteiger partial charge < -0.3 is 5.32 Å². The summed E-state index contributed by atoms with van der Waals surface area (Å²) >= 11 is 1.89. The van der Waals surface area contributed by atoms with Crippen LogP contribution in [0.25, 0.3) is 10.1 Å². The van der Waals surface area contributed by atoms with Crippen molar-refractivity contribution >= 4 is 32.2 Å². The lowest BCUT2D eigenvalue weighted by atomic mass is 10.1. The van der Waals surface area contributed by atoms with Crippen LogP contribution in [0.1, 0.15) is 10.4 Å². The molecule has 0 radical (unpaired) electrons. The average Bonchev–Trinajstić information content (AvgIpc) is 2.80. The van der Waals surface area contributed by atoms with Gasteiger partial charge in [-0.05, 0) is 24.1 Å². The third-order valence-electron chi connectivity index (χ3n) is 3.77. The quantitative estimate of drug-likeness (QED) is 0.940. The summed E-state index contributed by atoms with van der Waals surface area (Å²) in [6, 6.07) is 8.65. The molecular formula is C15H20N2OS2. The second-order valence-corrected chi connectivity index (χ2v) is 7.99. The fourth-order valence-electron chi connectivity index (χ4n) is 2.68. The monoisotopic (exact) mass is 308 g/mol. The normalized spacial score (nSPS) is 17.9. The summed E-state index contributed by atoms with van der Waals surface area (Å²) in [5, 5.41) is 4.66. The number of nitrogens with zero attached hydrogens (tertiary/aromatic N) is 1. The van der Waals surface area contributed by atoms with Crippen molar-refractivity contribution in [2.75, 3.05) is 31.6 Å². The zero-order valence-electron chi connectivity index (χ0n) is 11.7. The third-order valence-corrected chi connectivity index (χ3v) is 6.26. The van der Waals surface area contributed by atoms with Gasteiger partial charge in [0.25, 0.3) is 0 Å². The van der Waals surface area contributed by atoms with Crippen LogP contribution < -0.4 is 5.32 Å². The van der Waals surface area contributed by atoms with Gasteiger partial charge in [0.1, 0.15) is 0 Å². The van der Waals surface area contributed by atoms with Gasteiger partial charge in [0, 0.05) is 58.1 Å².